The molecule has 6 heteroatoms. The van der Waals surface area contributed by atoms with Crippen LogP contribution in [0.3, 0.4) is 0 Å². The molecule has 3 rings (SSSR count). The number of hydrogen-bond donors (Lipinski definition) is 0. The molecule has 0 spiro atoms. The maximum Gasteiger partial charge on any atom is 0.165 e. The Morgan fingerprint density at radius 2 is 2.00 bits per heavy atom. The zero-order chi connectivity index (χ0) is 15.4. The zero-order valence-corrected chi connectivity index (χ0v) is 13.3. The molecule has 0 bridgehead atoms. The van der Waals surface area contributed by atoms with Gasteiger partial charge >= 0.3 is 0 Å². The summed E-state index contributed by atoms with van der Waals surface area (Å²) < 4.78 is 7.14. The molecule has 0 saturated heterocycles. The van der Waals surface area contributed by atoms with Crippen molar-refractivity contribution < 1.29 is 4.74 Å². The lowest BCUT2D eigenvalue weighted by Gasteiger charge is -2.21. The number of ether oxygens (including phenoxy) is 1. The first kappa shape index (κ1) is 15.0. The van der Waals surface area contributed by atoms with Gasteiger partial charge in [-0.05, 0) is 47.4 Å². The van der Waals surface area contributed by atoms with Gasteiger partial charge in [-0.15, -0.1) is 5.10 Å². The van der Waals surface area contributed by atoms with Gasteiger partial charge in [0.25, 0.3) is 0 Å². The van der Waals surface area contributed by atoms with Gasteiger partial charge in [0.2, 0.25) is 0 Å². The molecule has 1 aliphatic carbocycles. The number of rotatable bonds is 8. The smallest absolute Gasteiger partial charge is 0.165 e. The van der Waals surface area contributed by atoms with Crippen LogP contribution in [0, 0.1) is 0 Å². The van der Waals surface area contributed by atoms with Gasteiger partial charge in [0.1, 0.15) is 5.75 Å². The molecule has 1 heterocycles. The van der Waals surface area contributed by atoms with Crippen LogP contribution in [0.15, 0.2) is 24.3 Å². The Balaban J connectivity index is 1.68. The Morgan fingerprint density at radius 3 is 2.64 bits per heavy atom. The first-order valence-corrected chi connectivity index (χ1v) is 7.92. The van der Waals surface area contributed by atoms with Gasteiger partial charge in [-0.2, -0.15) is 0 Å². The molecule has 0 unspecified atom stereocenters. The van der Waals surface area contributed by atoms with Gasteiger partial charge in [0, 0.05) is 19.1 Å². The van der Waals surface area contributed by atoms with Crippen LogP contribution in [0.4, 0.5) is 0 Å². The fourth-order valence-corrected chi connectivity index (χ4v) is 2.62. The standard InChI is InChI=1S/C16H23N5O/c1-3-10-21-16(17-18-19-21)12-20(14-6-7-14)11-13-4-8-15(22-2)9-5-13/h4-5,8-9,14H,3,6-7,10-12H2,1-2H3. The maximum atomic E-state index is 5.22. The quantitative estimate of drug-likeness (QED) is 0.748. The number of tetrazole rings is 1. The first-order chi connectivity index (χ1) is 10.8. The van der Waals surface area contributed by atoms with Crippen molar-refractivity contribution in [1.82, 2.24) is 25.1 Å². The molecule has 22 heavy (non-hydrogen) atoms. The van der Waals surface area contributed by atoms with Crippen molar-refractivity contribution in [3.05, 3.63) is 35.7 Å². The highest BCUT2D eigenvalue weighted by atomic mass is 16.5. The van der Waals surface area contributed by atoms with Gasteiger partial charge in [-0.25, -0.2) is 4.68 Å². The molecule has 1 fully saturated rings. The third kappa shape index (κ3) is 3.62. The highest BCUT2D eigenvalue weighted by Gasteiger charge is 2.30. The Labute approximate surface area is 131 Å². The van der Waals surface area contributed by atoms with E-state index in [9.17, 15) is 0 Å². The summed E-state index contributed by atoms with van der Waals surface area (Å²) in [6.07, 6.45) is 3.58. The SMILES string of the molecule is CCCn1nnnc1CN(Cc1ccc(OC)cc1)C1CC1. The lowest BCUT2D eigenvalue weighted by Crippen LogP contribution is -2.27. The van der Waals surface area contributed by atoms with Crippen molar-refractivity contribution in [3.8, 4) is 5.75 Å². The minimum Gasteiger partial charge on any atom is -0.497 e. The van der Waals surface area contributed by atoms with Gasteiger partial charge < -0.3 is 4.74 Å². The number of benzene rings is 1. The largest absolute Gasteiger partial charge is 0.497 e. The van der Waals surface area contributed by atoms with E-state index in [2.05, 4.69) is 39.5 Å². The molecule has 0 amide bonds. The third-order valence-electron chi connectivity index (χ3n) is 3.99. The summed E-state index contributed by atoms with van der Waals surface area (Å²) in [5.41, 5.74) is 1.29. The summed E-state index contributed by atoms with van der Waals surface area (Å²) in [4.78, 5) is 2.47. The lowest BCUT2D eigenvalue weighted by atomic mass is 10.2. The lowest BCUT2D eigenvalue weighted by molar-refractivity contribution is 0.234. The molecular weight excluding hydrogens is 278 g/mol. The van der Waals surface area contributed by atoms with Gasteiger partial charge in [-0.1, -0.05) is 19.1 Å². The second-order valence-electron chi connectivity index (χ2n) is 5.80. The van der Waals surface area contributed by atoms with Gasteiger partial charge in [-0.3, -0.25) is 4.90 Å². The van der Waals surface area contributed by atoms with E-state index in [0.717, 1.165) is 37.6 Å². The molecule has 1 aliphatic rings. The second-order valence-corrected chi connectivity index (χ2v) is 5.80. The predicted molar refractivity (Wildman–Crippen MR) is 83.4 cm³/mol. The monoisotopic (exact) mass is 301 g/mol. The Morgan fingerprint density at radius 1 is 1.23 bits per heavy atom. The summed E-state index contributed by atoms with van der Waals surface area (Å²) in [7, 11) is 1.69. The summed E-state index contributed by atoms with van der Waals surface area (Å²) in [5, 5.41) is 12.1. The van der Waals surface area contributed by atoms with Crippen LogP contribution in [-0.2, 0) is 19.6 Å². The van der Waals surface area contributed by atoms with Crippen molar-refractivity contribution >= 4 is 0 Å². The van der Waals surface area contributed by atoms with Crippen LogP contribution >= 0.6 is 0 Å². The first-order valence-electron chi connectivity index (χ1n) is 7.92. The third-order valence-corrected chi connectivity index (χ3v) is 3.99. The van der Waals surface area contributed by atoms with Gasteiger partial charge in [0.15, 0.2) is 5.82 Å². The van der Waals surface area contributed by atoms with E-state index in [4.69, 9.17) is 4.74 Å². The summed E-state index contributed by atoms with van der Waals surface area (Å²) in [6.45, 7) is 4.75. The highest BCUT2D eigenvalue weighted by Crippen LogP contribution is 2.29. The Kier molecular flexibility index (Phi) is 4.68. The molecule has 1 saturated carbocycles. The molecule has 118 valence electrons. The molecule has 2 aromatic rings. The van der Waals surface area contributed by atoms with Crippen LogP contribution < -0.4 is 4.74 Å². The number of methoxy groups -OCH3 is 1. The van der Waals surface area contributed by atoms with Crippen LogP contribution in [0.1, 0.15) is 37.6 Å². The molecule has 0 radical (unpaired) electrons. The van der Waals surface area contributed by atoms with Gasteiger partial charge in [0.05, 0.1) is 13.7 Å². The highest BCUT2D eigenvalue weighted by molar-refractivity contribution is 5.27. The summed E-state index contributed by atoms with van der Waals surface area (Å²) in [6, 6.07) is 8.95. The normalized spacial score (nSPS) is 14.5. The summed E-state index contributed by atoms with van der Waals surface area (Å²) >= 11 is 0. The minimum absolute atomic E-state index is 0.661. The second kappa shape index (κ2) is 6.87. The number of hydrogen-bond acceptors (Lipinski definition) is 5. The van der Waals surface area contributed by atoms with Crippen LogP contribution in [0.25, 0.3) is 0 Å². The van der Waals surface area contributed by atoms with E-state index in [-0.39, 0.29) is 0 Å². The van der Waals surface area contributed by atoms with Crippen molar-refractivity contribution in [2.45, 2.75) is 51.9 Å². The van der Waals surface area contributed by atoms with E-state index in [1.807, 2.05) is 16.8 Å². The topological polar surface area (TPSA) is 56.1 Å². The van der Waals surface area contributed by atoms with Crippen molar-refractivity contribution in [1.29, 1.82) is 0 Å². The summed E-state index contributed by atoms with van der Waals surface area (Å²) in [5.74, 6) is 1.86. The molecule has 1 aromatic carbocycles. The fourth-order valence-electron chi connectivity index (χ4n) is 2.62. The van der Waals surface area contributed by atoms with Crippen molar-refractivity contribution in [3.63, 3.8) is 0 Å². The van der Waals surface area contributed by atoms with E-state index < -0.39 is 0 Å². The number of aromatic nitrogens is 4. The van der Waals surface area contributed by atoms with E-state index in [1.54, 1.807) is 7.11 Å². The number of aryl methyl sites for hydroxylation is 1. The molecular formula is C16H23N5O. The maximum absolute atomic E-state index is 5.22. The average Bonchev–Trinajstić information content (AvgIpc) is 3.30. The molecule has 1 aromatic heterocycles. The predicted octanol–water partition coefficient (Wildman–Crippen LogP) is 2.26. The Hall–Kier alpha value is -1.95. The van der Waals surface area contributed by atoms with E-state index >= 15 is 0 Å². The average molecular weight is 301 g/mol. The Bertz CT molecular complexity index is 591. The van der Waals surface area contributed by atoms with Crippen molar-refractivity contribution in [2.24, 2.45) is 0 Å². The number of nitrogens with zero attached hydrogens (tertiary/aromatic N) is 5. The van der Waals surface area contributed by atoms with Crippen LogP contribution in [-0.4, -0.2) is 38.3 Å². The van der Waals surface area contributed by atoms with Crippen molar-refractivity contribution in [2.75, 3.05) is 7.11 Å². The van der Waals surface area contributed by atoms with Crippen LogP contribution in [0.5, 0.6) is 5.75 Å². The van der Waals surface area contributed by atoms with E-state index in [0.29, 0.717) is 6.04 Å². The molecule has 6 nitrogen and oxygen atoms in total. The van der Waals surface area contributed by atoms with E-state index in [1.165, 1.54) is 18.4 Å². The molecule has 0 N–H and O–H groups in total. The van der Waals surface area contributed by atoms with Crippen LogP contribution in [0.2, 0.25) is 0 Å². The molecule has 0 atom stereocenters. The zero-order valence-electron chi connectivity index (χ0n) is 13.3. The molecule has 0 aliphatic heterocycles. The minimum atomic E-state index is 0.661. The fraction of sp³-hybridized carbons (Fsp3) is 0.562.